The molecule has 17 heavy (non-hydrogen) atoms. The van der Waals surface area contributed by atoms with Crippen LogP contribution in [-0.2, 0) is 6.42 Å². The number of anilines is 1. The Hall–Kier alpha value is -1.58. The van der Waals surface area contributed by atoms with E-state index in [0.29, 0.717) is 12.0 Å². The van der Waals surface area contributed by atoms with E-state index in [1.807, 2.05) is 37.3 Å². The van der Waals surface area contributed by atoms with Gasteiger partial charge in [0, 0.05) is 5.56 Å². The Balaban J connectivity index is 2.90. The fourth-order valence-corrected chi connectivity index (χ4v) is 2.33. The predicted molar refractivity (Wildman–Crippen MR) is 71.3 cm³/mol. The number of benzene rings is 2. The maximum absolute atomic E-state index is 11.6. The number of hydrogen-bond acceptors (Lipinski definition) is 3. The van der Waals surface area contributed by atoms with Crippen molar-refractivity contribution in [2.24, 2.45) is 5.84 Å². The molecule has 0 aliphatic carbocycles. The molecule has 0 saturated carbocycles. The van der Waals surface area contributed by atoms with E-state index in [0.717, 1.165) is 22.0 Å². The van der Waals surface area contributed by atoms with Crippen molar-refractivity contribution in [3.8, 4) is 0 Å². The molecule has 0 amide bonds. The number of halogens is 1. The fourth-order valence-electron chi connectivity index (χ4n) is 2.11. The zero-order chi connectivity index (χ0) is 12.4. The average Bonchev–Trinajstić information content (AvgIpc) is 2.35. The molecule has 0 spiro atoms. The first-order valence-electron chi connectivity index (χ1n) is 5.40. The largest absolute Gasteiger partial charge is 0.324 e. The van der Waals surface area contributed by atoms with Crippen LogP contribution >= 0.6 is 11.6 Å². The van der Waals surface area contributed by atoms with Gasteiger partial charge in [-0.05, 0) is 40.4 Å². The molecular weight excluding hydrogens is 236 g/mol. The van der Waals surface area contributed by atoms with Gasteiger partial charge < -0.3 is 5.43 Å². The third-order valence-corrected chi connectivity index (χ3v) is 3.05. The van der Waals surface area contributed by atoms with Crippen molar-refractivity contribution in [2.75, 3.05) is 5.43 Å². The number of nitrogen functional groups attached to an aromatic ring is 1. The van der Waals surface area contributed by atoms with Crippen LogP contribution in [0.25, 0.3) is 10.8 Å². The number of rotatable bonds is 3. The van der Waals surface area contributed by atoms with Gasteiger partial charge in [-0.1, -0.05) is 31.2 Å². The summed E-state index contributed by atoms with van der Waals surface area (Å²) >= 11 is 5.69. The molecule has 3 nitrogen and oxygen atoms in total. The van der Waals surface area contributed by atoms with Crippen LogP contribution in [0, 0.1) is 0 Å². The average molecular weight is 249 g/mol. The predicted octanol–water partition coefficient (Wildman–Crippen LogP) is 3.07. The first-order chi connectivity index (χ1) is 8.19. The Morgan fingerprint density at radius 1 is 1.41 bits per heavy atom. The van der Waals surface area contributed by atoms with Gasteiger partial charge in [0.05, 0.1) is 5.69 Å². The quantitative estimate of drug-likeness (QED) is 0.499. The second-order valence-corrected chi connectivity index (χ2v) is 4.11. The Morgan fingerprint density at radius 3 is 2.71 bits per heavy atom. The molecule has 2 aromatic carbocycles. The third-order valence-electron chi connectivity index (χ3n) is 2.86. The van der Waals surface area contributed by atoms with Crippen molar-refractivity contribution in [1.82, 2.24) is 0 Å². The summed E-state index contributed by atoms with van der Waals surface area (Å²) in [6.07, 6.45) is 0.693. The van der Waals surface area contributed by atoms with E-state index in [9.17, 15) is 4.79 Å². The van der Waals surface area contributed by atoms with Crippen LogP contribution in [0.2, 0.25) is 0 Å². The molecule has 4 heteroatoms. The minimum absolute atomic E-state index is 0.449. The van der Waals surface area contributed by atoms with Gasteiger partial charge in [-0.25, -0.2) is 0 Å². The van der Waals surface area contributed by atoms with E-state index in [1.165, 1.54) is 0 Å². The number of hydrazine groups is 1. The second kappa shape index (κ2) is 4.73. The highest BCUT2D eigenvalue weighted by Gasteiger charge is 2.16. The van der Waals surface area contributed by atoms with Crippen LogP contribution < -0.4 is 11.3 Å². The molecule has 0 aliphatic rings. The van der Waals surface area contributed by atoms with Crippen molar-refractivity contribution < 1.29 is 4.79 Å². The molecule has 0 aliphatic heterocycles. The summed E-state index contributed by atoms with van der Waals surface area (Å²) in [5.41, 5.74) is 4.76. The lowest BCUT2D eigenvalue weighted by atomic mass is 9.96. The van der Waals surface area contributed by atoms with E-state index in [-0.39, 0.29) is 0 Å². The second-order valence-electron chi connectivity index (χ2n) is 3.77. The summed E-state index contributed by atoms with van der Waals surface area (Å²) in [4.78, 5) is 11.6. The zero-order valence-corrected chi connectivity index (χ0v) is 10.2. The van der Waals surface area contributed by atoms with Gasteiger partial charge in [0.2, 0.25) is 0 Å². The maximum Gasteiger partial charge on any atom is 0.253 e. The molecular formula is C13H13ClN2O. The first-order valence-corrected chi connectivity index (χ1v) is 5.78. The molecule has 0 saturated heterocycles. The molecule has 0 radical (unpaired) electrons. The van der Waals surface area contributed by atoms with Crippen molar-refractivity contribution >= 4 is 33.3 Å². The lowest BCUT2D eigenvalue weighted by Gasteiger charge is -2.13. The fraction of sp³-hybridized carbons (Fsp3) is 0.154. The smallest absolute Gasteiger partial charge is 0.253 e. The van der Waals surface area contributed by atoms with Gasteiger partial charge in [0.25, 0.3) is 5.24 Å². The van der Waals surface area contributed by atoms with E-state index in [2.05, 4.69) is 5.43 Å². The van der Waals surface area contributed by atoms with E-state index in [4.69, 9.17) is 17.4 Å². The van der Waals surface area contributed by atoms with Gasteiger partial charge in [0.1, 0.15) is 0 Å². The van der Waals surface area contributed by atoms with E-state index in [1.54, 1.807) is 0 Å². The minimum atomic E-state index is -0.449. The molecule has 88 valence electrons. The summed E-state index contributed by atoms with van der Waals surface area (Å²) in [6.45, 7) is 1.97. The number of nitrogens with one attached hydrogen (secondary N) is 1. The van der Waals surface area contributed by atoms with Crippen LogP contribution in [-0.4, -0.2) is 5.24 Å². The van der Waals surface area contributed by atoms with Gasteiger partial charge in [-0.2, -0.15) is 0 Å². The maximum atomic E-state index is 11.6. The summed E-state index contributed by atoms with van der Waals surface area (Å²) in [5.74, 6) is 5.48. The van der Waals surface area contributed by atoms with Crippen LogP contribution in [0.5, 0.6) is 0 Å². The zero-order valence-electron chi connectivity index (χ0n) is 9.46. The Labute approximate surface area is 105 Å². The van der Waals surface area contributed by atoms with Gasteiger partial charge >= 0.3 is 0 Å². The summed E-state index contributed by atoms with van der Waals surface area (Å²) < 4.78 is 0. The topological polar surface area (TPSA) is 55.1 Å². The molecule has 0 atom stereocenters. The molecule has 0 heterocycles. The number of hydrogen-bond donors (Lipinski definition) is 2. The van der Waals surface area contributed by atoms with Crippen molar-refractivity contribution in [3.63, 3.8) is 0 Å². The summed E-state index contributed by atoms with van der Waals surface area (Å²) in [5, 5.41) is 1.36. The molecule has 2 aromatic rings. The molecule has 2 rings (SSSR count). The normalized spacial score (nSPS) is 10.5. The molecule has 0 aromatic heterocycles. The number of fused-ring (bicyclic) bond motifs is 1. The molecule has 0 fully saturated rings. The SMILES string of the molecule is CCc1c(NN)cc2ccccc2c1C(=O)Cl. The van der Waals surface area contributed by atoms with E-state index < -0.39 is 5.24 Å². The van der Waals surface area contributed by atoms with Crippen molar-refractivity contribution in [3.05, 3.63) is 41.5 Å². The monoisotopic (exact) mass is 248 g/mol. The standard InChI is InChI=1S/C13H13ClN2O/c1-2-9-11(16-15)7-8-5-3-4-6-10(8)12(9)13(14)17/h3-7,16H,2,15H2,1H3. The summed E-state index contributed by atoms with van der Waals surface area (Å²) in [7, 11) is 0. The Bertz CT molecular complexity index is 581. The molecule has 3 N–H and O–H groups in total. The number of carbonyl (C=O) groups is 1. The highest BCUT2D eigenvalue weighted by Crippen LogP contribution is 2.30. The van der Waals surface area contributed by atoms with Gasteiger partial charge in [0.15, 0.2) is 0 Å². The first kappa shape index (κ1) is 11.9. The molecule has 0 bridgehead atoms. The Kier molecular flexibility index (Phi) is 3.31. The minimum Gasteiger partial charge on any atom is -0.324 e. The van der Waals surface area contributed by atoms with Crippen molar-refractivity contribution in [2.45, 2.75) is 13.3 Å². The van der Waals surface area contributed by atoms with Crippen molar-refractivity contribution in [1.29, 1.82) is 0 Å². The lowest BCUT2D eigenvalue weighted by molar-refractivity contribution is 0.108. The Morgan fingerprint density at radius 2 is 2.12 bits per heavy atom. The van der Waals surface area contributed by atoms with Crippen LogP contribution in [0.3, 0.4) is 0 Å². The van der Waals surface area contributed by atoms with E-state index >= 15 is 0 Å². The van der Waals surface area contributed by atoms with Crippen LogP contribution in [0.1, 0.15) is 22.8 Å². The lowest BCUT2D eigenvalue weighted by Crippen LogP contribution is -2.11. The van der Waals surface area contributed by atoms with Gasteiger partial charge in [-0.3, -0.25) is 10.6 Å². The van der Waals surface area contributed by atoms with Crippen LogP contribution in [0.15, 0.2) is 30.3 Å². The number of nitrogens with two attached hydrogens (primary N) is 1. The van der Waals surface area contributed by atoms with Gasteiger partial charge in [-0.15, -0.1) is 0 Å². The highest BCUT2D eigenvalue weighted by molar-refractivity contribution is 6.69. The molecule has 0 unspecified atom stereocenters. The highest BCUT2D eigenvalue weighted by atomic mass is 35.5. The third kappa shape index (κ3) is 1.99. The summed E-state index contributed by atoms with van der Waals surface area (Å²) in [6, 6.07) is 9.55. The van der Waals surface area contributed by atoms with Crippen LogP contribution in [0.4, 0.5) is 5.69 Å². The number of carbonyl (C=O) groups excluding carboxylic acids is 1.